The molecule has 0 unspecified atom stereocenters. The topological polar surface area (TPSA) is 36.4 Å². The second-order valence-corrected chi connectivity index (χ2v) is 9.46. The minimum absolute atomic E-state index is 0.287. The summed E-state index contributed by atoms with van der Waals surface area (Å²) in [7, 11) is 0. The van der Waals surface area contributed by atoms with E-state index in [1.165, 1.54) is 15.2 Å². The van der Waals surface area contributed by atoms with Crippen molar-refractivity contribution in [1.29, 1.82) is 0 Å². The fourth-order valence-electron chi connectivity index (χ4n) is 3.55. The van der Waals surface area contributed by atoms with Gasteiger partial charge in [-0.2, -0.15) is 0 Å². The predicted molar refractivity (Wildman–Crippen MR) is 124 cm³/mol. The maximum atomic E-state index is 12.5. The van der Waals surface area contributed by atoms with Gasteiger partial charge >= 0.3 is 0 Å². The number of thiazole rings is 1. The van der Waals surface area contributed by atoms with Gasteiger partial charge in [-0.25, -0.2) is 4.98 Å². The van der Waals surface area contributed by atoms with Crippen molar-refractivity contribution in [1.82, 2.24) is 9.88 Å². The lowest BCUT2D eigenvalue weighted by atomic mass is 10.2. The number of nitrogens with zero attached hydrogens (tertiary/aromatic N) is 3. The summed E-state index contributed by atoms with van der Waals surface area (Å²) in [4.78, 5) is 23.0. The molecule has 0 bridgehead atoms. The van der Waals surface area contributed by atoms with Gasteiger partial charge in [-0.1, -0.05) is 42.5 Å². The van der Waals surface area contributed by atoms with Crippen LogP contribution in [0.1, 0.15) is 25.3 Å². The maximum Gasteiger partial charge on any atom is 0.222 e. The molecule has 3 aromatic rings. The van der Waals surface area contributed by atoms with Crippen molar-refractivity contribution in [3.63, 3.8) is 0 Å². The molecule has 29 heavy (non-hydrogen) atoms. The number of aryl methyl sites for hydroxylation is 1. The van der Waals surface area contributed by atoms with E-state index < -0.39 is 0 Å². The lowest BCUT2D eigenvalue weighted by molar-refractivity contribution is -0.131. The van der Waals surface area contributed by atoms with Crippen molar-refractivity contribution in [3.05, 3.63) is 54.1 Å². The van der Waals surface area contributed by atoms with E-state index in [2.05, 4.69) is 54.3 Å². The van der Waals surface area contributed by atoms with Gasteiger partial charge in [0.1, 0.15) is 0 Å². The second-order valence-electron chi connectivity index (χ2n) is 7.28. The van der Waals surface area contributed by atoms with Crippen molar-refractivity contribution >= 4 is 44.4 Å². The smallest absolute Gasteiger partial charge is 0.222 e. The van der Waals surface area contributed by atoms with Crippen LogP contribution < -0.4 is 4.90 Å². The lowest BCUT2D eigenvalue weighted by Gasteiger charge is -2.34. The molecule has 1 aliphatic rings. The van der Waals surface area contributed by atoms with Crippen LogP contribution in [0.4, 0.5) is 5.13 Å². The number of fused-ring (bicyclic) bond motifs is 1. The molecule has 152 valence electrons. The Bertz CT molecular complexity index is 949. The monoisotopic (exact) mass is 425 g/mol. The van der Waals surface area contributed by atoms with Crippen molar-refractivity contribution in [2.24, 2.45) is 0 Å². The van der Waals surface area contributed by atoms with Crippen LogP contribution in [0.5, 0.6) is 0 Å². The Kier molecular flexibility index (Phi) is 6.72. The zero-order chi connectivity index (χ0) is 20.1. The number of aromatic nitrogens is 1. The van der Waals surface area contributed by atoms with Crippen LogP contribution in [0, 0.1) is 0 Å². The number of amides is 1. The van der Waals surface area contributed by atoms with Crippen LogP contribution in [0.3, 0.4) is 0 Å². The van der Waals surface area contributed by atoms with E-state index in [1.54, 1.807) is 11.3 Å². The van der Waals surface area contributed by atoms with E-state index in [0.29, 0.717) is 6.42 Å². The average molecular weight is 426 g/mol. The van der Waals surface area contributed by atoms with Gasteiger partial charge in [0.15, 0.2) is 5.13 Å². The summed E-state index contributed by atoms with van der Waals surface area (Å²) in [5, 5.41) is 1.08. The Morgan fingerprint density at radius 3 is 2.66 bits per heavy atom. The minimum atomic E-state index is 0.287. The average Bonchev–Trinajstić information content (AvgIpc) is 3.20. The number of benzene rings is 2. The Morgan fingerprint density at radius 1 is 1.10 bits per heavy atom. The molecule has 1 amide bonds. The molecule has 0 N–H and O–H groups in total. The van der Waals surface area contributed by atoms with Crippen LogP contribution in [0.25, 0.3) is 10.2 Å². The number of carbonyl (C=O) groups excluding carboxylic acids is 1. The molecule has 1 saturated heterocycles. The van der Waals surface area contributed by atoms with Gasteiger partial charge in [0.05, 0.1) is 10.2 Å². The highest BCUT2D eigenvalue weighted by Gasteiger charge is 2.22. The molecular formula is C23H27N3OS2. The number of hydrogen-bond donors (Lipinski definition) is 0. The summed E-state index contributed by atoms with van der Waals surface area (Å²) in [6.07, 6.45) is 2.62. The molecule has 0 atom stereocenters. The third-order valence-corrected chi connectivity index (χ3v) is 7.48. The fraction of sp³-hybridized carbons (Fsp3) is 0.391. The molecule has 0 radical (unpaired) electrons. The minimum Gasteiger partial charge on any atom is -0.345 e. The van der Waals surface area contributed by atoms with E-state index >= 15 is 0 Å². The van der Waals surface area contributed by atoms with E-state index in [0.717, 1.165) is 55.4 Å². The van der Waals surface area contributed by atoms with E-state index in [-0.39, 0.29) is 5.91 Å². The zero-order valence-electron chi connectivity index (χ0n) is 16.8. The highest BCUT2D eigenvalue weighted by Crippen LogP contribution is 2.30. The molecular weight excluding hydrogens is 398 g/mol. The van der Waals surface area contributed by atoms with Gasteiger partial charge in [-0.05, 0) is 48.4 Å². The third kappa shape index (κ3) is 5.11. The highest BCUT2D eigenvalue weighted by atomic mass is 32.2. The largest absolute Gasteiger partial charge is 0.345 e. The quantitative estimate of drug-likeness (QED) is 0.391. The Hall–Kier alpha value is -2.05. The van der Waals surface area contributed by atoms with Crippen molar-refractivity contribution in [3.8, 4) is 0 Å². The summed E-state index contributed by atoms with van der Waals surface area (Å²) >= 11 is 3.59. The van der Waals surface area contributed by atoms with Gasteiger partial charge in [0, 0.05) is 37.5 Å². The Balaban J connectivity index is 1.24. The molecule has 2 aromatic carbocycles. The predicted octanol–water partition coefficient (Wildman–Crippen LogP) is 5.08. The molecule has 0 saturated carbocycles. The standard InChI is InChI=1S/C23H27N3OS2/c1-2-18-10-11-20-21(17-18)29-23(24-20)26-14-12-25(13-15-26)22(27)9-6-16-28-19-7-4-3-5-8-19/h3-5,7-8,10-11,17H,2,6,9,12-16H2,1H3. The van der Waals surface area contributed by atoms with Crippen LogP contribution >= 0.6 is 23.1 Å². The summed E-state index contributed by atoms with van der Waals surface area (Å²) in [5.74, 6) is 1.27. The third-order valence-electron chi connectivity index (χ3n) is 5.30. The van der Waals surface area contributed by atoms with Crippen molar-refractivity contribution in [2.45, 2.75) is 31.1 Å². The number of piperazine rings is 1. The first kappa shape index (κ1) is 20.2. The summed E-state index contributed by atoms with van der Waals surface area (Å²) in [5.41, 5.74) is 2.44. The number of anilines is 1. The fourth-order valence-corrected chi connectivity index (χ4v) is 5.50. The normalized spacial score (nSPS) is 14.5. The van der Waals surface area contributed by atoms with E-state index in [1.807, 2.05) is 22.7 Å². The molecule has 1 fully saturated rings. The molecule has 6 heteroatoms. The number of carbonyl (C=O) groups is 1. The molecule has 0 aliphatic carbocycles. The van der Waals surface area contributed by atoms with E-state index in [4.69, 9.17) is 4.98 Å². The zero-order valence-corrected chi connectivity index (χ0v) is 18.5. The van der Waals surface area contributed by atoms with Gasteiger partial charge in [-0.15, -0.1) is 11.8 Å². The lowest BCUT2D eigenvalue weighted by Crippen LogP contribution is -2.48. The van der Waals surface area contributed by atoms with E-state index in [9.17, 15) is 4.79 Å². The Labute approximate surface area is 180 Å². The Morgan fingerprint density at radius 2 is 1.90 bits per heavy atom. The van der Waals surface area contributed by atoms with Crippen LogP contribution in [0.15, 0.2) is 53.4 Å². The molecule has 1 aromatic heterocycles. The summed E-state index contributed by atoms with van der Waals surface area (Å²) in [6, 6.07) is 16.9. The number of hydrogen-bond acceptors (Lipinski definition) is 5. The maximum absolute atomic E-state index is 12.5. The van der Waals surface area contributed by atoms with Gasteiger partial charge in [0.25, 0.3) is 0 Å². The van der Waals surface area contributed by atoms with Crippen LogP contribution in [-0.2, 0) is 11.2 Å². The van der Waals surface area contributed by atoms with Gasteiger partial charge in [0.2, 0.25) is 5.91 Å². The van der Waals surface area contributed by atoms with Crippen LogP contribution in [-0.4, -0.2) is 47.7 Å². The molecule has 1 aliphatic heterocycles. The molecule has 2 heterocycles. The molecule has 0 spiro atoms. The summed E-state index contributed by atoms with van der Waals surface area (Å²) < 4.78 is 1.26. The van der Waals surface area contributed by atoms with Crippen molar-refractivity contribution in [2.75, 3.05) is 36.8 Å². The molecule has 4 rings (SSSR count). The first-order chi connectivity index (χ1) is 14.2. The second kappa shape index (κ2) is 9.63. The SMILES string of the molecule is CCc1ccc2nc(N3CCN(C(=O)CCCSc4ccccc4)CC3)sc2c1. The first-order valence-corrected chi connectivity index (χ1v) is 12.1. The molecule has 4 nitrogen and oxygen atoms in total. The van der Waals surface area contributed by atoms with Gasteiger partial charge < -0.3 is 9.80 Å². The summed E-state index contributed by atoms with van der Waals surface area (Å²) in [6.45, 7) is 5.50. The van der Waals surface area contributed by atoms with Crippen molar-refractivity contribution < 1.29 is 4.79 Å². The van der Waals surface area contributed by atoms with Crippen LogP contribution in [0.2, 0.25) is 0 Å². The highest BCUT2D eigenvalue weighted by molar-refractivity contribution is 7.99. The number of thioether (sulfide) groups is 1. The van der Waals surface area contributed by atoms with Gasteiger partial charge in [-0.3, -0.25) is 4.79 Å². The number of rotatable bonds is 7. The first-order valence-electron chi connectivity index (χ1n) is 10.3.